The SMILES string of the molecule is CN(CCO)C(=O)C1Cc2nc[nH]c2CN1. The molecule has 2 rings (SSSR count). The number of aliphatic hydroxyl groups excluding tert-OH is 1. The fraction of sp³-hybridized carbons (Fsp3) is 0.600. The number of aromatic amines is 1. The average molecular weight is 224 g/mol. The van der Waals surface area contributed by atoms with Crippen LogP contribution in [0.1, 0.15) is 11.4 Å². The standard InChI is InChI=1S/C10H16N4O2/c1-14(2-3-15)10(16)8-4-7-9(5-11-8)13-6-12-7/h6,8,11,15H,2-5H2,1H3,(H,12,13). The van der Waals surface area contributed by atoms with Crippen molar-refractivity contribution in [1.29, 1.82) is 0 Å². The average Bonchev–Trinajstić information content (AvgIpc) is 2.75. The molecule has 16 heavy (non-hydrogen) atoms. The minimum Gasteiger partial charge on any atom is -0.395 e. The van der Waals surface area contributed by atoms with Gasteiger partial charge in [-0.1, -0.05) is 0 Å². The van der Waals surface area contributed by atoms with Gasteiger partial charge < -0.3 is 15.0 Å². The molecule has 1 aromatic heterocycles. The van der Waals surface area contributed by atoms with Gasteiger partial charge in [0.15, 0.2) is 0 Å². The van der Waals surface area contributed by atoms with Gasteiger partial charge >= 0.3 is 0 Å². The van der Waals surface area contributed by atoms with Gasteiger partial charge in [0.05, 0.1) is 30.4 Å². The Morgan fingerprint density at radius 1 is 1.75 bits per heavy atom. The molecule has 0 radical (unpaired) electrons. The number of aliphatic hydroxyl groups is 1. The maximum absolute atomic E-state index is 11.9. The zero-order chi connectivity index (χ0) is 11.5. The topological polar surface area (TPSA) is 81.2 Å². The maximum atomic E-state index is 11.9. The molecule has 0 aromatic carbocycles. The molecule has 0 saturated heterocycles. The van der Waals surface area contributed by atoms with Crippen LogP contribution in [0.3, 0.4) is 0 Å². The number of fused-ring (bicyclic) bond motifs is 1. The normalized spacial score (nSPS) is 19.2. The molecule has 0 saturated carbocycles. The van der Waals surface area contributed by atoms with Crippen molar-refractivity contribution in [2.75, 3.05) is 20.2 Å². The highest BCUT2D eigenvalue weighted by Gasteiger charge is 2.27. The summed E-state index contributed by atoms with van der Waals surface area (Å²) in [4.78, 5) is 20.7. The fourth-order valence-electron chi connectivity index (χ4n) is 1.87. The van der Waals surface area contributed by atoms with Crippen LogP contribution < -0.4 is 5.32 Å². The number of likely N-dealkylation sites (N-methyl/N-ethyl adjacent to an activating group) is 1. The van der Waals surface area contributed by atoms with Crippen LogP contribution >= 0.6 is 0 Å². The zero-order valence-electron chi connectivity index (χ0n) is 9.23. The monoisotopic (exact) mass is 224 g/mol. The number of hydrogen-bond donors (Lipinski definition) is 3. The second-order valence-electron chi connectivity index (χ2n) is 3.95. The number of nitrogens with one attached hydrogen (secondary N) is 2. The van der Waals surface area contributed by atoms with E-state index in [1.165, 1.54) is 4.90 Å². The highest BCUT2D eigenvalue weighted by Crippen LogP contribution is 2.13. The van der Waals surface area contributed by atoms with Gasteiger partial charge in [0, 0.05) is 26.6 Å². The molecule has 0 bridgehead atoms. The number of hydrogen-bond acceptors (Lipinski definition) is 4. The van der Waals surface area contributed by atoms with Gasteiger partial charge in [-0.2, -0.15) is 0 Å². The number of nitrogens with zero attached hydrogens (tertiary/aromatic N) is 2. The van der Waals surface area contributed by atoms with Gasteiger partial charge in [0.2, 0.25) is 5.91 Å². The van der Waals surface area contributed by atoms with Crippen LogP contribution in [-0.2, 0) is 17.8 Å². The molecule has 1 aliphatic heterocycles. The smallest absolute Gasteiger partial charge is 0.239 e. The first-order valence-corrected chi connectivity index (χ1v) is 5.32. The number of rotatable bonds is 3. The highest BCUT2D eigenvalue weighted by atomic mass is 16.3. The van der Waals surface area contributed by atoms with E-state index in [0.717, 1.165) is 11.4 Å². The van der Waals surface area contributed by atoms with Crippen LogP contribution in [0.5, 0.6) is 0 Å². The summed E-state index contributed by atoms with van der Waals surface area (Å²) in [5, 5.41) is 11.9. The largest absolute Gasteiger partial charge is 0.395 e. The zero-order valence-corrected chi connectivity index (χ0v) is 9.23. The van der Waals surface area contributed by atoms with Crippen molar-refractivity contribution >= 4 is 5.91 Å². The van der Waals surface area contributed by atoms with Crippen molar-refractivity contribution < 1.29 is 9.90 Å². The molecule has 0 spiro atoms. The molecule has 0 aliphatic carbocycles. The summed E-state index contributed by atoms with van der Waals surface area (Å²) < 4.78 is 0. The van der Waals surface area contributed by atoms with E-state index in [2.05, 4.69) is 15.3 Å². The van der Waals surface area contributed by atoms with Crippen LogP contribution in [0.25, 0.3) is 0 Å². The Hall–Kier alpha value is -1.40. The third-order valence-corrected chi connectivity index (χ3v) is 2.84. The van der Waals surface area contributed by atoms with Gasteiger partial charge in [0.1, 0.15) is 0 Å². The molecule has 1 atom stereocenters. The molecule has 1 amide bonds. The fourth-order valence-corrected chi connectivity index (χ4v) is 1.87. The molecule has 2 heterocycles. The number of aromatic nitrogens is 2. The molecule has 88 valence electrons. The van der Waals surface area contributed by atoms with Crippen molar-refractivity contribution in [3.8, 4) is 0 Å². The quantitative estimate of drug-likeness (QED) is 0.607. The second-order valence-corrected chi connectivity index (χ2v) is 3.95. The molecule has 1 aliphatic rings. The van der Waals surface area contributed by atoms with E-state index in [4.69, 9.17) is 5.11 Å². The molecule has 3 N–H and O–H groups in total. The minimum atomic E-state index is -0.229. The number of carbonyl (C=O) groups excluding carboxylic acids is 1. The van der Waals surface area contributed by atoms with E-state index >= 15 is 0 Å². The van der Waals surface area contributed by atoms with E-state index < -0.39 is 0 Å². The summed E-state index contributed by atoms with van der Waals surface area (Å²) in [6, 6.07) is -0.229. The Morgan fingerprint density at radius 3 is 3.31 bits per heavy atom. The van der Waals surface area contributed by atoms with E-state index in [1.54, 1.807) is 13.4 Å². The lowest BCUT2D eigenvalue weighted by atomic mass is 10.0. The minimum absolute atomic E-state index is 0.00250. The van der Waals surface area contributed by atoms with Crippen molar-refractivity contribution in [2.45, 2.75) is 19.0 Å². The van der Waals surface area contributed by atoms with E-state index in [-0.39, 0.29) is 18.6 Å². The number of imidazole rings is 1. The molecule has 1 aromatic rings. The number of amides is 1. The van der Waals surface area contributed by atoms with Crippen LogP contribution in [0, 0.1) is 0 Å². The summed E-state index contributed by atoms with van der Waals surface area (Å²) in [5.41, 5.74) is 2.00. The van der Waals surface area contributed by atoms with Gasteiger partial charge in [-0.05, 0) is 0 Å². The van der Waals surface area contributed by atoms with E-state index in [1.807, 2.05) is 0 Å². The predicted octanol–water partition coefficient (Wildman–Crippen LogP) is -1.13. The Kier molecular flexibility index (Phi) is 3.21. The van der Waals surface area contributed by atoms with Gasteiger partial charge in [0.25, 0.3) is 0 Å². The van der Waals surface area contributed by atoms with Crippen LogP contribution in [0.2, 0.25) is 0 Å². The molecule has 1 unspecified atom stereocenters. The third-order valence-electron chi connectivity index (χ3n) is 2.84. The van der Waals surface area contributed by atoms with Gasteiger partial charge in [-0.15, -0.1) is 0 Å². The Balaban J connectivity index is 2.00. The molecule has 6 nitrogen and oxygen atoms in total. The van der Waals surface area contributed by atoms with Crippen LogP contribution in [0.4, 0.5) is 0 Å². The van der Waals surface area contributed by atoms with Gasteiger partial charge in [-0.3, -0.25) is 10.1 Å². The lowest BCUT2D eigenvalue weighted by Gasteiger charge is -2.26. The number of carbonyl (C=O) groups is 1. The summed E-state index contributed by atoms with van der Waals surface area (Å²) in [5.74, 6) is 0.00250. The molecular weight excluding hydrogens is 208 g/mol. The van der Waals surface area contributed by atoms with Crippen molar-refractivity contribution in [2.24, 2.45) is 0 Å². The summed E-state index contributed by atoms with van der Waals surface area (Å²) in [7, 11) is 1.69. The van der Waals surface area contributed by atoms with Gasteiger partial charge in [-0.25, -0.2) is 4.98 Å². The molecule has 0 fully saturated rings. The molecular formula is C10H16N4O2. The lowest BCUT2D eigenvalue weighted by Crippen LogP contribution is -2.48. The third kappa shape index (κ3) is 2.07. The number of H-pyrrole nitrogens is 1. The highest BCUT2D eigenvalue weighted by molar-refractivity contribution is 5.82. The van der Waals surface area contributed by atoms with Crippen molar-refractivity contribution in [3.63, 3.8) is 0 Å². The first kappa shape index (κ1) is 11.1. The van der Waals surface area contributed by atoms with Crippen LogP contribution in [0.15, 0.2) is 6.33 Å². The first-order chi connectivity index (χ1) is 7.72. The Morgan fingerprint density at radius 2 is 2.56 bits per heavy atom. The van der Waals surface area contributed by atoms with Crippen molar-refractivity contribution in [3.05, 3.63) is 17.7 Å². The van der Waals surface area contributed by atoms with Crippen LogP contribution in [-0.4, -0.2) is 52.1 Å². The summed E-state index contributed by atoms with van der Waals surface area (Å²) in [6.45, 7) is 0.992. The summed E-state index contributed by atoms with van der Waals surface area (Å²) in [6.07, 6.45) is 2.25. The second kappa shape index (κ2) is 4.63. The van der Waals surface area contributed by atoms with Crippen molar-refractivity contribution in [1.82, 2.24) is 20.2 Å². The van der Waals surface area contributed by atoms with E-state index in [9.17, 15) is 4.79 Å². The Bertz CT molecular complexity index is 377. The molecule has 6 heteroatoms. The summed E-state index contributed by atoms with van der Waals surface area (Å²) >= 11 is 0. The maximum Gasteiger partial charge on any atom is 0.239 e. The lowest BCUT2D eigenvalue weighted by molar-refractivity contribution is -0.132. The Labute approximate surface area is 93.7 Å². The first-order valence-electron chi connectivity index (χ1n) is 5.32. The predicted molar refractivity (Wildman–Crippen MR) is 57.6 cm³/mol. The van der Waals surface area contributed by atoms with E-state index in [0.29, 0.717) is 19.5 Å².